The molecule has 0 spiro atoms. The minimum Gasteiger partial charge on any atom is -0.383 e. The molecule has 2 rings (SSSR count). The monoisotopic (exact) mass is 278 g/mol. The quantitative estimate of drug-likeness (QED) is 0.824. The maximum atomic E-state index is 6.03. The number of nitrogen functional groups attached to an aromatic ring is 1. The molecular weight excluding hydrogens is 252 g/mol. The van der Waals surface area contributed by atoms with Crippen LogP contribution in [0.4, 0.5) is 5.82 Å². The van der Waals surface area contributed by atoms with Crippen molar-refractivity contribution in [3.63, 3.8) is 0 Å². The number of nitrogens with zero attached hydrogens (tertiary/aromatic N) is 2. The van der Waals surface area contributed by atoms with Gasteiger partial charge in [-0.25, -0.2) is 4.98 Å². The van der Waals surface area contributed by atoms with Crippen LogP contribution in [0.2, 0.25) is 0 Å². The fourth-order valence-corrected chi connectivity index (χ4v) is 2.81. The molecule has 0 radical (unpaired) electrons. The van der Waals surface area contributed by atoms with Gasteiger partial charge in [0.2, 0.25) is 0 Å². The molecule has 1 aromatic heterocycles. The summed E-state index contributed by atoms with van der Waals surface area (Å²) in [5.74, 6) is 0.592. The normalized spacial score (nSPS) is 21.8. The van der Waals surface area contributed by atoms with E-state index in [0.717, 1.165) is 38.3 Å². The Labute approximate surface area is 121 Å². The molecule has 2 unspecified atom stereocenters. The zero-order valence-corrected chi connectivity index (χ0v) is 12.5. The second-order valence-corrected chi connectivity index (χ2v) is 5.22. The summed E-state index contributed by atoms with van der Waals surface area (Å²) in [6.07, 6.45) is 3.03. The predicted molar refractivity (Wildman–Crippen MR) is 81.5 cm³/mol. The van der Waals surface area contributed by atoms with E-state index in [1.807, 2.05) is 12.1 Å². The summed E-state index contributed by atoms with van der Waals surface area (Å²) in [6, 6.07) is 4.08. The van der Waals surface area contributed by atoms with Crippen LogP contribution in [0.3, 0.4) is 0 Å². The van der Waals surface area contributed by atoms with E-state index in [1.54, 1.807) is 6.20 Å². The molecule has 2 atom stereocenters. The van der Waals surface area contributed by atoms with Crippen LogP contribution in [-0.4, -0.2) is 48.8 Å². The summed E-state index contributed by atoms with van der Waals surface area (Å²) < 4.78 is 5.99. The Morgan fingerprint density at radius 3 is 3.10 bits per heavy atom. The Hall–Kier alpha value is -1.17. The summed E-state index contributed by atoms with van der Waals surface area (Å²) in [6.45, 7) is 9.07. The summed E-state index contributed by atoms with van der Waals surface area (Å²) >= 11 is 0. The second-order valence-electron chi connectivity index (χ2n) is 5.22. The number of nitrogens with two attached hydrogens (primary N) is 1. The fourth-order valence-electron chi connectivity index (χ4n) is 2.81. The first-order valence-electron chi connectivity index (χ1n) is 7.54. The van der Waals surface area contributed by atoms with E-state index >= 15 is 0 Å². The smallest absolute Gasteiger partial charge is 0.128 e. The number of morpholine rings is 1. The molecule has 112 valence electrons. The van der Waals surface area contributed by atoms with E-state index in [2.05, 4.69) is 29.0 Å². The molecule has 1 aliphatic rings. The first-order valence-corrected chi connectivity index (χ1v) is 7.54. The van der Waals surface area contributed by atoms with Crippen LogP contribution < -0.4 is 11.1 Å². The van der Waals surface area contributed by atoms with Crippen molar-refractivity contribution in [1.29, 1.82) is 0 Å². The van der Waals surface area contributed by atoms with Crippen molar-refractivity contribution in [3.05, 3.63) is 23.9 Å². The number of likely N-dealkylation sites (N-methyl/N-ethyl adjacent to an activating group) is 1. The zero-order chi connectivity index (χ0) is 14.4. The number of ether oxygens (including phenoxy) is 1. The number of hydrogen-bond acceptors (Lipinski definition) is 5. The molecule has 1 aromatic rings. The van der Waals surface area contributed by atoms with Crippen molar-refractivity contribution in [2.24, 2.45) is 0 Å². The minimum absolute atomic E-state index is 0.105. The van der Waals surface area contributed by atoms with E-state index in [9.17, 15) is 0 Å². The Balaban J connectivity index is 2.13. The van der Waals surface area contributed by atoms with E-state index < -0.39 is 0 Å². The zero-order valence-electron chi connectivity index (χ0n) is 12.5. The lowest BCUT2D eigenvalue weighted by Crippen LogP contribution is -2.48. The summed E-state index contributed by atoms with van der Waals surface area (Å²) in [5, 5.41) is 3.50. The summed E-state index contributed by atoms with van der Waals surface area (Å²) in [7, 11) is 0. The highest BCUT2D eigenvalue weighted by Gasteiger charge is 2.29. The van der Waals surface area contributed by atoms with Gasteiger partial charge in [0.1, 0.15) is 5.82 Å². The first-order chi connectivity index (χ1) is 9.76. The number of rotatable bonds is 6. The molecule has 20 heavy (non-hydrogen) atoms. The van der Waals surface area contributed by atoms with Crippen molar-refractivity contribution < 1.29 is 4.74 Å². The molecule has 0 aliphatic carbocycles. The van der Waals surface area contributed by atoms with Crippen LogP contribution in [0.1, 0.15) is 31.9 Å². The lowest BCUT2D eigenvalue weighted by Gasteiger charge is -2.37. The Bertz CT molecular complexity index is 411. The molecule has 1 saturated heterocycles. The van der Waals surface area contributed by atoms with Crippen molar-refractivity contribution in [1.82, 2.24) is 15.2 Å². The minimum atomic E-state index is 0.105. The maximum absolute atomic E-state index is 6.03. The molecular formula is C15H26N4O. The predicted octanol–water partition coefficient (Wildman–Crippen LogP) is 1.43. The maximum Gasteiger partial charge on any atom is 0.128 e. The molecule has 2 heterocycles. The fraction of sp³-hybridized carbons (Fsp3) is 0.667. The number of anilines is 1. The number of aromatic nitrogens is 1. The number of hydrogen-bond donors (Lipinski definition) is 2. The van der Waals surface area contributed by atoms with Gasteiger partial charge in [0.15, 0.2) is 0 Å². The van der Waals surface area contributed by atoms with Crippen LogP contribution in [-0.2, 0) is 4.74 Å². The Morgan fingerprint density at radius 1 is 1.55 bits per heavy atom. The van der Waals surface area contributed by atoms with Gasteiger partial charge in [0, 0.05) is 24.8 Å². The van der Waals surface area contributed by atoms with E-state index in [0.29, 0.717) is 5.82 Å². The van der Waals surface area contributed by atoms with Crippen LogP contribution in [0.15, 0.2) is 18.3 Å². The lowest BCUT2D eigenvalue weighted by atomic mass is 10.0. The highest BCUT2D eigenvalue weighted by atomic mass is 16.5. The van der Waals surface area contributed by atoms with Crippen molar-refractivity contribution >= 4 is 5.82 Å². The number of nitrogens with one attached hydrogen (secondary N) is 1. The second kappa shape index (κ2) is 7.57. The third-order valence-electron chi connectivity index (χ3n) is 3.72. The molecule has 0 amide bonds. The first kappa shape index (κ1) is 15.2. The van der Waals surface area contributed by atoms with Crippen molar-refractivity contribution in [3.8, 4) is 0 Å². The molecule has 0 bridgehead atoms. The molecule has 0 saturated carbocycles. The standard InChI is InChI=1S/C15H26N4O/c1-3-8-19-9-10-20-13(11-19)14(17-4-2)12-6-5-7-18-15(12)16/h5-7,13-14,17H,3-4,8-11H2,1-2H3,(H2,16,18). The molecule has 1 fully saturated rings. The van der Waals surface area contributed by atoms with Crippen LogP contribution in [0.25, 0.3) is 0 Å². The third kappa shape index (κ3) is 3.69. The van der Waals surface area contributed by atoms with Gasteiger partial charge in [0.05, 0.1) is 18.8 Å². The van der Waals surface area contributed by atoms with Gasteiger partial charge in [-0.05, 0) is 25.6 Å². The van der Waals surface area contributed by atoms with E-state index in [-0.39, 0.29) is 12.1 Å². The summed E-state index contributed by atoms with van der Waals surface area (Å²) in [4.78, 5) is 6.66. The van der Waals surface area contributed by atoms with Crippen molar-refractivity contribution in [2.45, 2.75) is 32.4 Å². The highest BCUT2D eigenvalue weighted by molar-refractivity contribution is 5.41. The Kier molecular flexibility index (Phi) is 5.76. The average Bonchev–Trinajstić information content (AvgIpc) is 2.46. The molecule has 0 aromatic carbocycles. The van der Waals surface area contributed by atoms with Crippen LogP contribution >= 0.6 is 0 Å². The van der Waals surface area contributed by atoms with Gasteiger partial charge < -0.3 is 15.8 Å². The Morgan fingerprint density at radius 2 is 2.40 bits per heavy atom. The van der Waals surface area contributed by atoms with Gasteiger partial charge in [-0.2, -0.15) is 0 Å². The van der Waals surface area contributed by atoms with Crippen LogP contribution in [0.5, 0.6) is 0 Å². The third-order valence-corrected chi connectivity index (χ3v) is 3.72. The van der Waals surface area contributed by atoms with Gasteiger partial charge >= 0.3 is 0 Å². The highest BCUT2D eigenvalue weighted by Crippen LogP contribution is 2.25. The van der Waals surface area contributed by atoms with E-state index in [1.165, 1.54) is 6.42 Å². The lowest BCUT2D eigenvalue weighted by molar-refractivity contribution is -0.0467. The molecule has 5 nitrogen and oxygen atoms in total. The van der Waals surface area contributed by atoms with Gasteiger partial charge in [-0.1, -0.05) is 19.9 Å². The summed E-state index contributed by atoms with van der Waals surface area (Å²) in [5.41, 5.74) is 7.07. The molecule has 1 aliphatic heterocycles. The van der Waals surface area contributed by atoms with Gasteiger partial charge in [0.25, 0.3) is 0 Å². The molecule has 3 N–H and O–H groups in total. The van der Waals surface area contributed by atoms with Gasteiger partial charge in [-0.3, -0.25) is 4.90 Å². The van der Waals surface area contributed by atoms with Gasteiger partial charge in [-0.15, -0.1) is 0 Å². The largest absolute Gasteiger partial charge is 0.383 e. The van der Waals surface area contributed by atoms with Crippen LogP contribution in [0, 0.1) is 0 Å². The number of pyridine rings is 1. The SMILES string of the molecule is CCCN1CCOC(C(NCC)c2cccnc2N)C1. The average molecular weight is 278 g/mol. The van der Waals surface area contributed by atoms with E-state index in [4.69, 9.17) is 10.5 Å². The molecule has 5 heteroatoms. The van der Waals surface area contributed by atoms with Crippen molar-refractivity contribution in [2.75, 3.05) is 38.5 Å². The topological polar surface area (TPSA) is 63.4 Å².